The summed E-state index contributed by atoms with van der Waals surface area (Å²) in [6.07, 6.45) is 30.6. The average molecular weight is 1870 g/mol. The van der Waals surface area contributed by atoms with Gasteiger partial charge < -0.3 is 62.7 Å². The summed E-state index contributed by atoms with van der Waals surface area (Å²) < 4.78 is 57.2. The van der Waals surface area contributed by atoms with E-state index < -0.39 is 0 Å². The minimum absolute atomic E-state index is 0.160. The van der Waals surface area contributed by atoms with Gasteiger partial charge in [-0.15, -0.1) is 0 Å². The minimum Gasteiger partial charge on any atom is -0.508 e. The van der Waals surface area contributed by atoms with Crippen LogP contribution in [-0.2, 0) is 18.9 Å². The van der Waals surface area contributed by atoms with Crippen molar-refractivity contribution in [2.24, 2.45) is 0 Å². The van der Waals surface area contributed by atoms with Crippen molar-refractivity contribution in [2.45, 2.75) is 437 Å². The van der Waals surface area contributed by atoms with E-state index in [0.717, 1.165) is 60.2 Å². The van der Waals surface area contributed by atoms with Crippen molar-refractivity contribution in [3.63, 3.8) is 0 Å². The SMILES string of the molecule is CCC(C)c1ccc(O)cc1.CCC(C)c1ccc(O)cc1.CCC(C)c1ccc(O)cc1.CCC(C)c1ccc(OC(C)C)cc1.CCC(C)c1ccc(OC(C)C)cc1.CCC(C)c1ccc(OC(C)OC2CCCCC2)cc1.CCC(C)c1ccc(OC(C)OC2CCCCC2)cc1.CCC(C)c1ccc(OCOC2CCCCC2)cc1.CCOC(C)Oc1ccc(C(C)CC)cc1. The van der Waals surface area contributed by atoms with Gasteiger partial charge in [-0.05, 0) is 364 Å². The average Bonchev–Trinajstić information content (AvgIpc) is 0.887. The van der Waals surface area contributed by atoms with Gasteiger partial charge in [-0.3, -0.25) is 0 Å². The molecule has 3 N–H and O–H groups in total. The Bertz CT molecular complexity index is 4090. The van der Waals surface area contributed by atoms with Gasteiger partial charge in [-0.2, -0.15) is 0 Å². The first-order valence-corrected chi connectivity index (χ1v) is 52.8. The van der Waals surface area contributed by atoms with Crippen LogP contribution >= 0.6 is 0 Å². The number of aromatic hydroxyl groups is 3. The maximum absolute atomic E-state index is 9.01. The van der Waals surface area contributed by atoms with Gasteiger partial charge in [-0.25, -0.2) is 0 Å². The third kappa shape index (κ3) is 50.0. The fraction of sp³-hybridized carbons (Fsp3) is 0.561. The molecule has 0 amide bonds. The molecule has 0 saturated heterocycles. The van der Waals surface area contributed by atoms with Crippen LogP contribution in [0.4, 0.5) is 0 Å². The quantitative estimate of drug-likeness (QED) is 0.0315. The molecule has 0 radical (unpaired) electrons. The van der Waals surface area contributed by atoms with Gasteiger partial charge in [0, 0.05) is 6.61 Å². The Morgan fingerprint density at radius 2 is 0.404 bits per heavy atom. The Kier molecular flexibility index (Phi) is 61.2. The van der Waals surface area contributed by atoms with Gasteiger partial charge in [-0.1, -0.05) is 292 Å². The van der Waals surface area contributed by atoms with Gasteiger partial charge >= 0.3 is 0 Å². The summed E-state index contributed by atoms with van der Waals surface area (Å²) in [6, 6.07) is 72.7. The van der Waals surface area contributed by atoms with Crippen LogP contribution in [0.15, 0.2) is 218 Å². The van der Waals surface area contributed by atoms with Crippen LogP contribution in [0, 0.1) is 0 Å². The molecule has 136 heavy (non-hydrogen) atoms. The first kappa shape index (κ1) is 119. The van der Waals surface area contributed by atoms with Crippen molar-refractivity contribution in [3.05, 3.63) is 268 Å². The second-order valence-corrected chi connectivity index (χ2v) is 38.3. The normalized spacial score (nSPS) is 15.8. The second kappa shape index (κ2) is 69.8. The van der Waals surface area contributed by atoms with Crippen LogP contribution in [0.25, 0.3) is 0 Å². The summed E-state index contributed by atoms with van der Waals surface area (Å²) in [5, 5.41) is 27.0. The van der Waals surface area contributed by atoms with E-state index in [0.29, 0.717) is 102 Å². The summed E-state index contributed by atoms with van der Waals surface area (Å²) in [5.74, 6) is 12.1. The van der Waals surface area contributed by atoms with Crippen LogP contribution in [0.3, 0.4) is 0 Å². The van der Waals surface area contributed by atoms with Crippen LogP contribution in [0.5, 0.6) is 51.7 Å². The molecule has 12 atom stereocenters. The molecule has 3 fully saturated rings. The zero-order valence-electron chi connectivity index (χ0n) is 89.4. The maximum atomic E-state index is 9.01. The lowest BCUT2D eigenvalue weighted by atomic mass is 9.98. The Hall–Kier alpha value is -8.98. The van der Waals surface area contributed by atoms with Gasteiger partial charge in [0.05, 0.1) is 30.5 Å². The molecule has 9 aromatic carbocycles. The number of hydrogen-bond acceptors (Lipinski definition) is 13. The predicted octanol–water partition coefficient (Wildman–Crippen LogP) is 36.1. The first-order chi connectivity index (χ1) is 65.3. The zero-order valence-corrected chi connectivity index (χ0v) is 89.4. The van der Waals surface area contributed by atoms with E-state index in [1.165, 1.54) is 178 Å². The molecule has 12 unspecified atom stereocenters. The molecule has 0 aliphatic heterocycles. The molecule has 13 heteroatoms. The first-order valence-electron chi connectivity index (χ1n) is 52.8. The van der Waals surface area contributed by atoms with Crippen molar-refractivity contribution in [3.8, 4) is 51.7 Å². The van der Waals surface area contributed by atoms with Gasteiger partial charge in [0.15, 0.2) is 25.7 Å². The van der Waals surface area contributed by atoms with E-state index in [1.54, 1.807) is 36.4 Å². The minimum atomic E-state index is -0.181. The lowest BCUT2D eigenvalue weighted by Gasteiger charge is -2.26. The Labute approximate surface area is 828 Å². The van der Waals surface area contributed by atoms with Crippen molar-refractivity contribution >= 4 is 0 Å². The molecule has 13 nitrogen and oxygen atoms in total. The number of phenolic OH excluding ortho intramolecular Hbond substituents is 3. The predicted molar refractivity (Wildman–Crippen MR) is 574 cm³/mol. The summed E-state index contributed by atoms with van der Waals surface area (Å²) >= 11 is 0. The topological polar surface area (TPSA) is 153 Å². The molecule has 756 valence electrons. The second-order valence-electron chi connectivity index (χ2n) is 38.3. The number of phenols is 3. The molecule has 0 bridgehead atoms. The summed E-state index contributed by atoms with van der Waals surface area (Å²) in [5.41, 5.74) is 12.2. The van der Waals surface area contributed by atoms with Crippen molar-refractivity contribution < 1.29 is 62.7 Å². The van der Waals surface area contributed by atoms with E-state index in [9.17, 15) is 0 Å². The molecule has 0 spiro atoms. The highest BCUT2D eigenvalue weighted by molar-refractivity contribution is 5.36. The van der Waals surface area contributed by atoms with Crippen LogP contribution in [0.2, 0.25) is 0 Å². The fourth-order valence-corrected chi connectivity index (χ4v) is 15.6. The third-order valence-electron chi connectivity index (χ3n) is 26.6. The lowest BCUT2D eigenvalue weighted by molar-refractivity contribution is -0.117. The number of hydrogen-bond donors (Lipinski definition) is 3. The van der Waals surface area contributed by atoms with Crippen LogP contribution in [0.1, 0.15) is 437 Å². The highest BCUT2D eigenvalue weighted by Gasteiger charge is 2.21. The van der Waals surface area contributed by atoms with Gasteiger partial charge in [0.2, 0.25) is 0 Å². The Morgan fingerprint density at radius 1 is 0.221 bits per heavy atom. The summed E-state index contributed by atoms with van der Waals surface area (Å²) in [7, 11) is 0. The van der Waals surface area contributed by atoms with E-state index in [4.69, 9.17) is 62.7 Å². The highest BCUT2D eigenvalue weighted by atomic mass is 16.7. The van der Waals surface area contributed by atoms with Gasteiger partial charge in [0.25, 0.3) is 0 Å². The molecule has 3 aliphatic rings. The molecule has 3 saturated carbocycles. The van der Waals surface area contributed by atoms with E-state index in [-0.39, 0.29) is 31.1 Å². The van der Waals surface area contributed by atoms with Crippen LogP contribution in [-0.4, -0.2) is 78.1 Å². The van der Waals surface area contributed by atoms with E-state index >= 15 is 0 Å². The van der Waals surface area contributed by atoms with E-state index in [2.05, 4.69) is 246 Å². The van der Waals surface area contributed by atoms with Crippen LogP contribution < -0.4 is 28.4 Å². The molecular formula is C123H186O13. The zero-order chi connectivity index (χ0) is 100. The van der Waals surface area contributed by atoms with E-state index in [1.807, 2.05) is 116 Å². The Balaban J connectivity index is 0.000000322. The molecule has 3 aliphatic carbocycles. The smallest absolute Gasteiger partial charge is 0.197 e. The number of rotatable bonds is 38. The van der Waals surface area contributed by atoms with Gasteiger partial charge in [0.1, 0.15) is 51.7 Å². The number of benzene rings is 9. The Morgan fingerprint density at radius 3 is 0.603 bits per heavy atom. The number of ether oxygens (including phenoxy) is 10. The monoisotopic (exact) mass is 1870 g/mol. The lowest BCUT2D eigenvalue weighted by Crippen LogP contribution is -2.26. The summed E-state index contributed by atoms with van der Waals surface area (Å²) in [6.45, 7) is 56.9. The third-order valence-corrected chi connectivity index (χ3v) is 26.6. The molecular weight excluding hydrogens is 1690 g/mol. The van der Waals surface area contributed by atoms with Crippen molar-refractivity contribution in [1.29, 1.82) is 0 Å². The maximum Gasteiger partial charge on any atom is 0.197 e. The summed E-state index contributed by atoms with van der Waals surface area (Å²) in [4.78, 5) is 0. The molecule has 0 aromatic heterocycles. The fourth-order valence-electron chi connectivity index (χ4n) is 15.6. The van der Waals surface area contributed by atoms with Crippen molar-refractivity contribution in [2.75, 3.05) is 13.4 Å². The highest BCUT2D eigenvalue weighted by Crippen LogP contribution is 2.33. The van der Waals surface area contributed by atoms with Crippen molar-refractivity contribution in [1.82, 2.24) is 0 Å². The molecule has 9 aromatic rings. The molecule has 0 heterocycles. The standard InChI is InChI=1S/2C18H28O2.C17H26O2.C14H22O2.2C13H20O.3C10H14O/c2*1-4-14(2)16-10-12-18(13-11-16)20-15(3)19-17-8-6-5-7-9-17;1-3-14(2)15-9-11-17(12-10-15)19-13-18-16-7-5-4-6-8-16;1-5-11(3)13-7-9-14(10-8-13)16-12(4)15-6-2;2*1-5-11(4)12-6-8-13(9-7-12)14-10(2)3;3*1-3-8(2)9-4-6-10(11)7-5-9/h2*10-15,17H,4-9H2,1-3H3;9-12,14,16H,3-8,13H2,1-2H3;7-12H,5-6H2,1-4H3;2*6-11H,5H2,1-4H3;3*4-8,11H,3H2,1-2H3. The largest absolute Gasteiger partial charge is 0.508 e. The molecule has 12 rings (SSSR count).